The molecule has 0 amide bonds. The van der Waals surface area contributed by atoms with E-state index in [1.165, 1.54) is 23.8 Å². The van der Waals surface area contributed by atoms with E-state index in [1.807, 2.05) is 12.3 Å². The molecule has 0 saturated heterocycles. The van der Waals surface area contributed by atoms with Gasteiger partial charge in [-0.15, -0.1) is 0 Å². The summed E-state index contributed by atoms with van der Waals surface area (Å²) in [5.74, 6) is 0.285. The molecule has 0 aliphatic heterocycles. The van der Waals surface area contributed by atoms with Crippen LogP contribution in [0.4, 0.5) is 0 Å². The molecule has 0 spiro atoms. The van der Waals surface area contributed by atoms with Crippen molar-refractivity contribution in [2.45, 2.75) is 50.7 Å². The van der Waals surface area contributed by atoms with E-state index >= 15 is 0 Å². The molecule has 0 radical (unpaired) electrons. The molecule has 4 nitrogen and oxygen atoms in total. The number of aromatic nitrogens is 1. The Morgan fingerprint density at radius 3 is 2.19 bits per heavy atom. The Hall–Kier alpha value is -3.50. The Bertz CT molecular complexity index is 1230. The minimum atomic E-state index is -0.128. The van der Waals surface area contributed by atoms with Gasteiger partial charge >= 0.3 is 5.97 Å². The van der Waals surface area contributed by atoms with Crippen molar-refractivity contribution < 1.29 is 9.53 Å². The van der Waals surface area contributed by atoms with E-state index in [4.69, 9.17) is 9.72 Å². The summed E-state index contributed by atoms with van der Waals surface area (Å²) in [6.45, 7) is 1.73. The van der Waals surface area contributed by atoms with Crippen LogP contribution in [0.1, 0.15) is 48.3 Å². The van der Waals surface area contributed by atoms with Crippen LogP contribution in [0.15, 0.2) is 97.2 Å². The van der Waals surface area contributed by atoms with Gasteiger partial charge in [0.05, 0.1) is 12.6 Å². The van der Waals surface area contributed by atoms with Crippen molar-refractivity contribution in [3.63, 3.8) is 0 Å². The SMILES string of the molecule is COC(=O)C[C@H]1CCC[C@@H](N(Cc2ccccc2)Cc2ccccc2)[C@@H]1c1cnc2ccccc2c1. The summed E-state index contributed by atoms with van der Waals surface area (Å²) in [7, 11) is 1.49. The van der Waals surface area contributed by atoms with Gasteiger partial charge < -0.3 is 4.74 Å². The molecule has 4 aromatic rings. The smallest absolute Gasteiger partial charge is 0.305 e. The second kappa shape index (κ2) is 11.5. The van der Waals surface area contributed by atoms with Gasteiger partial charge in [0, 0.05) is 43.1 Å². The van der Waals surface area contributed by atoms with E-state index in [2.05, 4.69) is 89.8 Å². The molecule has 3 atom stereocenters. The van der Waals surface area contributed by atoms with Crippen molar-refractivity contribution in [2.24, 2.45) is 5.92 Å². The number of para-hydroxylation sites is 1. The summed E-state index contributed by atoms with van der Waals surface area (Å²) < 4.78 is 5.13. The third kappa shape index (κ3) is 5.66. The third-order valence-corrected chi connectivity index (χ3v) is 7.58. The van der Waals surface area contributed by atoms with Crippen molar-refractivity contribution in [2.75, 3.05) is 7.11 Å². The monoisotopic (exact) mass is 478 g/mol. The summed E-state index contributed by atoms with van der Waals surface area (Å²) in [4.78, 5) is 19.9. The fraction of sp³-hybridized carbons (Fsp3) is 0.312. The highest BCUT2D eigenvalue weighted by Crippen LogP contribution is 2.43. The highest BCUT2D eigenvalue weighted by atomic mass is 16.5. The molecule has 1 aliphatic carbocycles. The van der Waals surface area contributed by atoms with E-state index in [0.29, 0.717) is 6.42 Å². The van der Waals surface area contributed by atoms with Crippen LogP contribution in [0.3, 0.4) is 0 Å². The number of carbonyl (C=O) groups is 1. The van der Waals surface area contributed by atoms with Gasteiger partial charge in [-0.1, -0.05) is 85.3 Å². The molecule has 0 N–H and O–H groups in total. The standard InChI is InChI=1S/C32H34N2O2/c1-36-31(35)20-27-16-10-18-30(32(27)28-19-26-15-8-9-17-29(26)33-21-28)34(22-24-11-4-2-5-12-24)23-25-13-6-3-7-14-25/h2-9,11-15,17,19,21,27,30,32H,10,16,18,20,22-23H2,1H3/t27-,30-,32+/m1/s1. The highest BCUT2D eigenvalue weighted by Gasteiger charge is 2.39. The largest absolute Gasteiger partial charge is 0.469 e. The molecular formula is C32H34N2O2. The van der Waals surface area contributed by atoms with E-state index in [9.17, 15) is 4.79 Å². The first-order valence-electron chi connectivity index (χ1n) is 12.9. The summed E-state index contributed by atoms with van der Waals surface area (Å²) in [6, 6.07) is 32.3. The van der Waals surface area contributed by atoms with Gasteiger partial charge in [0.2, 0.25) is 0 Å². The first kappa shape index (κ1) is 24.2. The Balaban J connectivity index is 1.55. The molecule has 4 heteroatoms. The molecule has 3 aromatic carbocycles. The quantitative estimate of drug-likeness (QED) is 0.263. The van der Waals surface area contributed by atoms with E-state index < -0.39 is 0 Å². The number of pyridine rings is 1. The molecule has 0 bridgehead atoms. The lowest BCUT2D eigenvalue weighted by Crippen LogP contribution is -2.44. The highest BCUT2D eigenvalue weighted by molar-refractivity contribution is 5.79. The fourth-order valence-corrected chi connectivity index (χ4v) is 5.89. The van der Waals surface area contributed by atoms with E-state index in [1.54, 1.807) is 0 Å². The number of hydrogen-bond donors (Lipinski definition) is 0. The topological polar surface area (TPSA) is 42.4 Å². The van der Waals surface area contributed by atoms with Crippen LogP contribution >= 0.6 is 0 Å². The zero-order valence-electron chi connectivity index (χ0n) is 20.9. The first-order valence-corrected chi connectivity index (χ1v) is 12.9. The molecular weight excluding hydrogens is 444 g/mol. The zero-order valence-corrected chi connectivity index (χ0v) is 20.9. The molecule has 184 valence electrons. The number of fused-ring (bicyclic) bond motifs is 1. The molecule has 1 aromatic heterocycles. The second-order valence-corrected chi connectivity index (χ2v) is 9.90. The Labute approximate surface area is 213 Å². The van der Waals surface area contributed by atoms with Crippen molar-refractivity contribution in [3.8, 4) is 0 Å². The number of hydrogen-bond acceptors (Lipinski definition) is 4. The number of rotatable bonds is 8. The molecule has 1 fully saturated rings. The molecule has 1 aliphatic rings. The predicted octanol–water partition coefficient (Wildman–Crippen LogP) is 6.75. The van der Waals surface area contributed by atoms with Crippen molar-refractivity contribution in [3.05, 3.63) is 114 Å². The molecule has 1 heterocycles. The van der Waals surface area contributed by atoms with Gasteiger partial charge in [-0.25, -0.2) is 0 Å². The Morgan fingerprint density at radius 1 is 0.889 bits per heavy atom. The summed E-state index contributed by atoms with van der Waals surface area (Å²) in [5.41, 5.74) is 4.83. The number of nitrogens with zero attached hydrogens (tertiary/aromatic N) is 2. The Morgan fingerprint density at radius 2 is 1.53 bits per heavy atom. The van der Waals surface area contributed by atoms with E-state index in [0.717, 1.165) is 43.3 Å². The molecule has 1 saturated carbocycles. The average Bonchev–Trinajstić information content (AvgIpc) is 2.93. The Kier molecular flexibility index (Phi) is 7.73. The van der Waals surface area contributed by atoms with Gasteiger partial charge in [0.1, 0.15) is 0 Å². The minimum absolute atomic E-state index is 0.128. The van der Waals surface area contributed by atoms with Gasteiger partial charge in [-0.2, -0.15) is 0 Å². The second-order valence-electron chi connectivity index (χ2n) is 9.90. The lowest BCUT2D eigenvalue weighted by atomic mass is 9.70. The summed E-state index contributed by atoms with van der Waals surface area (Å²) >= 11 is 0. The normalized spacial score (nSPS) is 19.9. The van der Waals surface area contributed by atoms with Crippen molar-refractivity contribution in [1.82, 2.24) is 9.88 Å². The number of benzene rings is 3. The number of methoxy groups -OCH3 is 1. The number of carbonyl (C=O) groups excluding carboxylic acids is 1. The van der Waals surface area contributed by atoms with Crippen LogP contribution in [0, 0.1) is 5.92 Å². The van der Waals surface area contributed by atoms with Gasteiger partial charge in [0.25, 0.3) is 0 Å². The maximum Gasteiger partial charge on any atom is 0.305 e. The third-order valence-electron chi connectivity index (χ3n) is 7.58. The predicted molar refractivity (Wildman–Crippen MR) is 144 cm³/mol. The zero-order chi connectivity index (χ0) is 24.7. The first-order chi connectivity index (χ1) is 17.7. The summed E-state index contributed by atoms with van der Waals surface area (Å²) in [5, 5.41) is 1.15. The van der Waals surface area contributed by atoms with Crippen molar-refractivity contribution >= 4 is 16.9 Å². The summed E-state index contributed by atoms with van der Waals surface area (Å²) in [6.07, 6.45) is 5.69. The molecule has 5 rings (SSSR count). The maximum atomic E-state index is 12.5. The van der Waals surface area contributed by atoms with Crippen LogP contribution in [0.25, 0.3) is 10.9 Å². The van der Waals surface area contributed by atoms with Gasteiger partial charge in [-0.05, 0) is 47.6 Å². The van der Waals surface area contributed by atoms with Crippen LogP contribution in [-0.2, 0) is 22.6 Å². The minimum Gasteiger partial charge on any atom is -0.469 e. The lowest BCUT2D eigenvalue weighted by Gasteiger charge is -2.44. The van der Waals surface area contributed by atoms with Crippen LogP contribution < -0.4 is 0 Å². The van der Waals surface area contributed by atoms with Crippen LogP contribution in [-0.4, -0.2) is 29.0 Å². The lowest BCUT2D eigenvalue weighted by molar-refractivity contribution is -0.142. The number of esters is 1. The van der Waals surface area contributed by atoms with Gasteiger partial charge in [-0.3, -0.25) is 14.7 Å². The van der Waals surface area contributed by atoms with E-state index in [-0.39, 0.29) is 23.8 Å². The molecule has 36 heavy (non-hydrogen) atoms. The fourth-order valence-electron chi connectivity index (χ4n) is 5.89. The van der Waals surface area contributed by atoms with Crippen LogP contribution in [0.5, 0.6) is 0 Å². The maximum absolute atomic E-state index is 12.5. The van der Waals surface area contributed by atoms with Crippen molar-refractivity contribution in [1.29, 1.82) is 0 Å². The molecule has 0 unspecified atom stereocenters. The van der Waals surface area contributed by atoms with Gasteiger partial charge in [0.15, 0.2) is 0 Å². The average molecular weight is 479 g/mol. The number of ether oxygens (including phenoxy) is 1. The van der Waals surface area contributed by atoms with Crippen LogP contribution in [0.2, 0.25) is 0 Å².